The number of fused-ring (bicyclic) bond motifs is 2. The zero-order valence-corrected chi connectivity index (χ0v) is 17.7. The van der Waals surface area contributed by atoms with Crippen LogP contribution in [0.25, 0.3) is 22.6 Å². The molecule has 0 saturated heterocycles. The van der Waals surface area contributed by atoms with Gasteiger partial charge in [-0.2, -0.15) is 0 Å². The van der Waals surface area contributed by atoms with Gasteiger partial charge in [-0.3, -0.25) is 9.59 Å². The highest BCUT2D eigenvalue weighted by molar-refractivity contribution is 6.30. The van der Waals surface area contributed by atoms with Gasteiger partial charge < -0.3 is 10.2 Å². The molecule has 152 valence electrons. The van der Waals surface area contributed by atoms with Gasteiger partial charge >= 0.3 is 0 Å². The molecular formula is C24H22ClN3O2. The van der Waals surface area contributed by atoms with Crippen molar-refractivity contribution in [3.63, 3.8) is 0 Å². The van der Waals surface area contributed by atoms with Gasteiger partial charge in [0.25, 0.3) is 5.91 Å². The Bertz CT molecular complexity index is 1170. The van der Waals surface area contributed by atoms with Crippen molar-refractivity contribution in [1.82, 2.24) is 15.2 Å². The van der Waals surface area contributed by atoms with Gasteiger partial charge in [-0.05, 0) is 53.8 Å². The average molecular weight is 420 g/mol. The molecule has 0 radical (unpaired) electrons. The number of pyridine rings is 1. The van der Waals surface area contributed by atoms with E-state index in [4.69, 9.17) is 16.6 Å². The molecule has 30 heavy (non-hydrogen) atoms. The van der Waals surface area contributed by atoms with Crippen LogP contribution in [0.3, 0.4) is 0 Å². The Morgan fingerprint density at radius 2 is 1.87 bits per heavy atom. The quantitative estimate of drug-likeness (QED) is 0.689. The molecule has 4 rings (SSSR count). The van der Waals surface area contributed by atoms with Gasteiger partial charge in [0.1, 0.15) is 0 Å². The molecule has 1 heterocycles. The Labute approximate surface area is 180 Å². The molecule has 0 aliphatic heterocycles. The summed E-state index contributed by atoms with van der Waals surface area (Å²) >= 11 is 6.00. The number of hydrogen-bond acceptors (Lipinski definition) is 3. The van der Waals surface area contributed by atoms with Crippen LogP contribution in [0.15, 0.2) is 48.5 Å². The van der Waals surface area contributed by atoms with Crippen molar-refractivity contribution in [3.8, 4) is 0 Å². The summed E-state index contributed by atoms with van der Waals surface area (Å²) in [4.78, 5) is 31.5. The molecule has 0 atom stereocenters. The van der Waals surface area contributed by atoms with Gasteiger partial charge in [0, 0.05) is 24.5 Å². The predicted octanol–water partition coefficient (Wildman–Crippen LogP) is 4.19. The maximum Gasteiger partial charge on any atom is 0.255 e. The Balaban J connectivity index is 1.83. The van der Waals surface area contributed by atoms with Crippen LogP contribution in [0, 0.1) is 0 Å². The third-order valence-electron chi connectivity index (χ3n) is 5.37. The summed E-state index contributed by atoms with van der Waals surface area (Å²) in [5.41, 5.74) is 5.37. The van der Waals surface area contributed by atoms with Gasteiger partial charge in [0.15, 0.2) is 0 Å². The van der Waals surface area contributed by atoms with E-state index >= 15 is 0 Å². The summed E-state index contributed by atoms with van der Waals surface area (Å²) in [5, 5.41) is 4.08. The number of nitrogens with zero attached hydrogens (tertiary/aromatic N) is 2. The lowest BCUT2D eigenvalue weighted by atomic mass is 9.99. The molecule has 2 amide bonds. The van der Waals surface area contributed by atoms with E-state index in [1.54, 1.807) is 14.1 Å². The monoisotopic (exact) mass is 419 g/mol. The Morgan fingerprint density at radius 3 is 2.60 bits per heavy atom. The van der Waals surface area contributed by atoms with Crippen LogP contribution in [0.5, 0.6) is 0 Å². The second-order valence-electron chi connectivity index (χ2n) is 7.39. The summed E-state index contributed by atoms with van der Waals surface area (Å²) in [5.74, 6) is -0.370. The Hall–Kier alpha value is -3.18. The molecule has 1 aliphatic rings. The number of nitrogens with one attached hydrogen (secondary N) is 1. The maximum absolute atomic E-state index is 13.4. The third kappa shape index (κ3) is 3.81. The minimum atomic E-state index is -0.204. The molecule has 1 aliphatic carbocycles. The zero-order chi connectivity index (χ0) is 21.3. The molecule has 0 bridgehead atoms. The summed E-state index contributed by atoms with van der Waals surface area (Å²) in [6.07, 6.45) is 3.65. The zero-order valence-electron chi connectivity index (χ0n) is 16.9. The number of rotatable bonds is 4. The van der Waals surface area contributed by atoms with Crippen LogP contribution in [-0.4, -0.2) is 42.3 Å². The van der Waals surface area contributed by atoms with Crippen LogP contribution in [0.1, 0.15) is 33.6 Å². The molecule has 5 nitrogen and oxygen atoms in total. The second-order valence-corrected chi connectivity index (χ2v) is 7.82. The van der Waals surface area contributed by atoms with Crippen molar-refractivity contribution in [1.29, 1.82) is 0 Å². The highest BCUT2D eigenvalue weighted by Crippen LogP contribution is 2.38. The van der Waals surface area contributed by atoms with Crippen molar-refractivity contribution in [3.05, 3.63) is 75.9 Å². The summed E-state index contributed by atoms with van der Waals surface area (Å²) in [6.45, 7) is 0.00816. The van der Waals surface area contributed by atoms with Crippen LogP contribution in [-0.2, 0) is 11.2 Å². The topological polar surface area (TPSA) is 62.3 Å². The normalized spacial score (nSPS) is 14.0. The van der Waals surface area contributed by atoms with Crippen molar-refractivity contribution < 1.29 is 9.59 Å². The van der Waals surface area contributed by atoms with E-state index in [0.717, 1.165) is 46.1 Å². The average Bonchev–Trinajstić information content (AvgIpc) is 3.15. The third-order valence-corrected chi connectivity index (χ3v) is 5.62. The van der Waals surface area contributed by atoms with Crippen molar-refractivity contribution >= 4 is 46.0 Å². The second kappa shape index (κ2) is 8.28. The number of carbonyl (C=O) groups is 2. The minimum Gasteiger partial charge on any atom is -0.358 e. The Kier molecular flexibility index (Phi) is 5.55. The molecule has 0 fully saturated rings. The van der Waals surface area contributed by atoms with Gasteiger partial charge in [0.05, 0.1) is 23.3 Å². The van der Waals surface area contributed by atoms with Crippen LogP contribution in [0.2, 0.25) is 5.02 Å². The number of carbonyl (C=O) groups excluding carboxylic acids is 2. The van der Waals surface area contributed by atoms with Crippen molar-refractivity contribution in [2.24, 2.45) is 0 Å². The lowest BCUT2D eigenvalue weighted by Gasteiger charge is -2.19. The number of benzene rings is 2. The van der Waals surface area contributed by atoms with Crippen LogP contribution in [0.4, 0.5) is 0 Å². The largest absolute Gasteiger partial charge is 0.358 e. The van der Waals surface area contributed by atoms with E-state index < -0.39 is 0 Å². The molecule has 6 heteroatoms. The van der Waals surface area contributed by atoms with Crippen molar-refractivity contribution in [2.45, 2.75) is 12.8 Å². The number of halogens is 1. The molecule has 2 aromatic carbocycles. The smallest absolute Gasteiger partial charge is 0.255 e. The minimum absolute atomic E-state index is 0.00816. The molecule has 1 aromatic heterocycles. The van der Waals surface area contributed by atoms with E-state index in [9.17, 15) is 9.59 Å². The van der Waals surface area contributed by atoms with Gasteiger partial charge in [-0.25, -0.2) is 4.98 Å². The number of allylic oxidation sites excluding steroid dienone is 1. The summed E-state index contributed by atoms with van der Waals surface area (Å²) < 4.78 is 0. The highest BCUT2D eigenvalue weighted by atomic mass is 35.5. The fourth-order valence-corrected chi connectivity index (χ4v) is 3.97. The first-order valence-electron chi connectivity index (χ1n) is 9.82. The van der Waals surface area contributed by atoms with E-state index in [1.807, 2.05) is 48.5 Å². The number of likely N-dealkylation sites (N-methyl/N-ethyl adjacent to an activating group) is 2. The van der Waals surface area contributed by atoms with E-state index in [2.05, 4.69) is 11.4 Å². The lowest BCUT2D eigenvalue weighted by molar-refractivity contribution is -0.121. The standard InChI is InChI=1S/C24H22ClN3O2/c1-26-21(29)14-28(2)24(30)22-18-5-3-4-6-20(18)27-23-16(9-12-19(22)23)13-15-7-10-17(25)11-8-15/h3-8,10-11,13H,9,12,14H2,1-2H3,(H,26,29). The van der Waals surface area contributed by atoms with E-state index in [1.165, 1.54) is 4.90 Å². The summed E-state index contributed by atoms with van der Waals surface area (Å²) in [6, 6.07) is 15.3. The first-order chi connectivity index (χ1) is 14.5. The highest BCUT2D eigenvalue weighted by Gasteiger charge is 2.28. The first-order valence-corrected chi connectivity index (χ1v) is 10.2. The lowest BCUT2D eigenvalue weighted by Crippen LogP contribution is -2.37. The first kappa shape index (κ1) is 20.1. The maximum atomic E-state index is 13.4. The molecule has 3 aromatic rings. The number of aromatic nitrogens is 1. The predicted molar refractivity (Wildman–Crippen MR) is 120 cm³/mol. The number of hydrogen-bond donors (Lipinski definition) is 1. The SMILES string of the molecule is CNC(=O)CN(C)C(=O)c1c2c(nc3ccccc13)C(=Cc1ccc(Cl)cc1)CC2. The molecule has 1 N–H and O–H groups in total. The van der Waals surface area contributed by atoms with Crippen LogP contribution >= 0.6 is 11.6 Å². The molecular weight excluding hydrogens is 398 g/mol. The van der Waals surface area contributed by atoms with Crippen molar-refractivity contribution in [2.75, 3.05) is 20.6 Å². The fraction of sp³-hybridized carbons (Fsp3) is 0.208. The molecule has 0 unspecified atom stereocenters. The summed E-state index contributed by atoms with van der Waals surface area (Å²) in [7, 11) is 3.21. The Morgan fingerprint density at radius 1 is 1.13 bits per heavy atom. The van der Waals surface area contributed by atoms with Gasteiger partial charge in [0.2, 0.25) is 5.91 Å². The van der Waals surface area contributed by atoms with E-state index in [0.29, 0.717) is 10.6 Å². The van der Waals surface area contributed by atoms with Gasteiger partial charge in [-0.15, -0.1) is 0 Å². The van der Waals surface area contributed by atoms with E-state index in [-0.39, 0.29) is 18.4 Å². The van der Waals surface area contributed by atoms with Gasteiger partial charge in [-0.1, -0.05) is 41.9 Å². The fourth-order valence-electron chi connectivity index (χ4n) is 3.84. The van der Waals surface area contributed by atoms with Crippen LogP contribution < -0.4 is 5.32 Å². The molecule has 0 saturated carbocycles. The molecule has 0 spiro atoms. The number of para-hydroxylation sites is 1. The number of amides is 2.